The molecule has 182 valence electrons. The minimum Gasteiger partial charge on any atom is -0.508 e. The van der Waals surface area contributed by atoms with E-state index in [0.717, 1.165) is 6.92 Å². The van der Waals surface area contributed by atoms with E-state index in [0.29, 0.717) is 10.0 Å². The first-order chi connectivity index (χ1) is 15.8. The van der Waals surface area contributed by atoms with Crippen molar-refractivity contribution in [2.45, 2.75) is 44.4 Å². The fraction of sp³-hybridized carbons (Fsp3) is 0.458. The maximum Gasteiger partial charge on any atom is 0.202 e. The zero-order valence-electron chi connectivity index (χ0n) is 19.0. The van der Waals surface area contributed by atoms with E-state index in [1.807, 2.05) is 0 Å². The lowest BCUT2D eigenvalue weighted by Crippen LogP contribution is -2.70. The number of nitrogens with zero attached hydrogens (tertiary/aromatic N) is 1. The third-order valence-electron chi connectivity index (χ3n) is 7.58. The molecule has 5 N–H and O–H groups in total. The average Bonchev–Trinajstić information content (AvgIpc) is 2.77. The van der Waals surface area contributed by atoms with Crippen LogP contribution in [0.2, 0.25) is 0 Å². The first-order valence-electron chi connectivity index (χ1n) is 10.9. The van der Waals surface area contributed by atoms with Gasteiger partial charge in [-0.05, 0) is 44.1 Å². The minimum atomic E-state index is -2.83. The van der Waals surface area contributed by atoms with Gasteiger partial charge in [0.1, 0.15) is 22.8 Å². The summed E-state index contributed by atoms with van der Waals surface area (Å²) in [7, 11) is 1.55. The number of ketones is 3. The summed E-state index contributed by atoms with van der Waals surface area (Å²) in [6, 6.07) is 1.61. The lowest BCUT2D eigenvalue weighted by Gasteiger charge is -2.54. The summed E-state index contributed by atoms with van der Waals surface area (Å²) in [5.74, 6) is -8.04. The van der Waals surface area contributed by atoms with Crippen molar-refractivity contribution in [1.82, 2.24) is 4.90 Å². The van der Waals surface area contributed by atoms with E-state index in [2.05, 4.69) is 15.9 Å². The number of rotatable bonds is 3. The molecule has 0 saturated heterocycles. The predicted molar refractivity (Wildman–Crippen MR) is 124 cm³/mol. The third kappa shape index (κ3) is 2.92. The standard InChI is InChI=1S/C24H26BrNO8/c1-5-26(4)18-17-20(30)13-8(2)12-10(25)6-7-11(28)15(12)19(29)16(13)23(33)24(17,34)22(32)14(9(3)27)21(18)31/h6-8,13,17-18,20,28-30,32,34H,5H2,1-4H3/t8?,13?,17?,18-,20?,24+/m0/s1. The Morgan fingerprint density at radius 3 is 2.38 bits per heavy atom. The Morgan fingerprint density at radius 1 is 1.21 bits per heavy atom. The van der Waals surface area contributed by atoms with Crippen molar-refractivity contribution in [3.05, 3.63) is 44.6 Å². The molecular weight excluding hydrogens is 510 g/mol. The Balaban J connectivity index is 2.08. The molecule has 0 bridgehead atoms. The third-order valence-corrected chi connectivity index (χ3v) is 8.27. The smallest absolute Gasteiger partial charge is 0.202 e. The summed E-state index contributed by atoms with van der Waals surface area (Å²) < 4.78 is 0.530. The van der Waals surface area contributed by atoms with Crippen LogP contribution in [-0.2, 0) is 14.4 Å². The molecule has 1 aromatic rings. The van der Waals surface area contributed by atoms with Gasteiger partial charge in [-0.25, -0.2) is 0 Å². The number of carbonyl (C=O) groups is 3. The molecule has 4 rings (SSSR count). The van der Waals surface area contributed by atoms with Crippen molar-refractivity contribution in [1.29, 1.82) is 0 Å². The molecule has 1 aromatic carbocycles. The van der Waals surface area contributed by atoms with Crippen LogP contribution in [0, 0.1) is 11.8 Å². The Morgan fingerprint density at radius 2 is 1.82 bits per heavy atom. The number of likely N-dealkylation sites (N-methyl/N-ethyl adjacent to an activating group) is 1. The van der Waals surface area contributed by atoms with Crippen LogP contribution in [0.1, 0.15) is 37.8 Å². The van der Waals surface area contributed by atoms with Gasteiger partial charge in [-0.1, -0.05) is 29.8 Å². The number of aliphatic hydroxyl groups excluding tert-OH is 3. The van der Waals surface area contributed by atoms with Gasteiger partial charge in [0.25, 0.3) is 0 Å². The Kier molecular flexibility index (Phi) is 5.79. The van der Waals surface area contributed by atoms with Gasteiger partial charge in [-0.15, -0.1) is 0 Å². The quantitative estimate of drug-likeness (QED) is 0.364. The number of aliphatic hydroxyl groups is 4. The van der Waals surface area contributed by atoms with Crippen LogP contribution in [0.4, 0.5) is 0 Å². The highest BCUT2D eigenvalue weighted by Gasteiger charge is 2.68. The van der Waals surface area contributed by atoms with Crippen LogP contribution in [-0.4, -0.2) is 79.1 Å². The zero-order valence-corrected chi connectivity index (χ0v) is 20.6. The summed E-state index contributed by atoms with van der Waals surface area (Å²) in [6.45, 7) is 4.74. The Bertz CT molecular complexity index is 1200. The second-order valence-electron chi connectivity index (χ2n) is 9.21. The summed E-state index contributed by atoms with van der Waals surface area (Å²) in [4.78, 5) is 41.0. The van der Waals surface area contributed by atoms with Crippen molar-refractivity contribution in [3.63, 3.8) is 0 Å². The molecule has 0 aromatic heterocycles. The minimum absolute atomic E-state index is 0.0277. The maximum atomic E-state index is 13.9. The number of hydrogen-bond acceptors (Lipinski definition) is 9. The van der Waals surface area contributed by atoms with Gasteiger partial charge in [0.2, 0.25) is 5.78 Å². The molecule has 0 heterocycles. The van der Waals surface area contributed by atoms with Crippen molar-refractivity contribution in [3.8, 4) is 5.75 Å². The monoisotopic (exact) mass is 535 g/mol. The second-order valence-corrected chi connectivity index (χ2v) is 10.1. The molecule has 1 fully saturated rings. The summed E-state index contributed by atoms with van der Waals surface area (Å²) >= 11 is 3.40. The molecule has 10 heteroatoms. The second kappa shape index (κ2) is 8.01. The molecular formula is C24H26BrNO8. The van der Waals surface area contributed by atoms with Gasteiger partial charge < -0.3 is 25.5 Å². The number of Topliss-reactive ketones (excluding diaryl/α,β-unsaturated/α-hetero) is 3. The van der Waals surface area contributed by atoms with Gasteiger partial charge in [0, 0.05) is 16.0 Å². The van der Waals surface area contributed by atoms with E-state index in [-0.39, 0.29) is 23.4 Å². The van der Waals surface area contributed by atoms with Crippen molar-refractivity contribution in [2.24, 2.45) is 11.8 Å². The molecule has 0 radical (unpaired) electrons. The van der Waals surface area contributed by atoms with E-state index in [1.54, 1.807) is 27.0 Å². The molecule has 3 aliphatic carbocycles. The number of carbonyl (C=O) groups excluding carboxylic acids is 3. The van der Waals surface area contributed by atoms with Crippen LogP contribution in [0.25, 0.3) is 5.76 Å². The fourth-order valence-electron chi connectivity index (χ4n) is 5.86. The summed E-state index contributed by atoms with van der Waals surface area (Å²) in [6.07, 6.45) is -1.57. The number of halogens is 1. The normalized spacial score (nSPS) is 33.1. The van der Waals surface area contributed by atoms with E-state index in [1.165, 1.54) is 11.0 Å². The molecule has 0 amide bonds. The average molecular weight is 536 g/mol. The summed E-state index contributed by atoms with van der Waals surface area (Å²) in [5.41, 5.74) is -3.49. The Labute approximate surface area is 204 Å². The van der Waals surface area contributed by atoms with Crippen molar-refractivity contribution >= 4 is 39.0 Å². The topological polar surface area (TPSA) is 156 Å². The first-order valence-corrected chi connectivity index (χ1v) is 11.7. The number of fused-ring (bicyclic) bond motifs is 3. The van der Waals surface area contributed by atoms with E-state index < -0.39 is 69.9 Å². The van der Waals surface area contributed by atoms with Crippen LogP contribution in [0.5, 0.6) is 5.75 Å². The number of hydrogen-bond donors (Lipinski definition) is 5. The lowest BCUT2D eigenvalue weighted by atomic mass is 9.54. The fourth-order valence-corrected chi connectivity index (χ4v) is 6.55. The molecule has 1 saturated carbocycles. The van der Waals surface area contributed by atoms with Crippen LogP contribution >= 0.6 is 15.9 Å². The first kappa shape index (κ1) is 24.6. The highest BCUT2D eigenvalue weighted by molar-refractivity contribution is 9.10. The van der Waals surface area contributed by atoms with Gasteiger partial charge in [0.15, 0.2) is 17.2 Å². The molecule has 6 atom stereocenters. The van der Waals surface area contributed by atoms with Gasteiger partial charge in [-0.2, -0.15) is 0 Å². The number of aromatic hydroxyl groups is 1. The van der Waals surface area contributed by atoms with E-state index in [4.69, 9.17) is 0 Å². The van der Waals surface area contributed by atoms with Crippen molar-refractivity contribution in [2.75, 3.05) is 13.6 Å². The maximum absolute atomic E-state index is 13.9. The molecule has 4 unspecified atom stereocenters. The largest absolute Gasteiger partial charge is 0.508 e. The molecule has 0 aliphatic heterocycles. The molecule has 9 nitrogen and oxygen atoms in total. The highest BCUT2D eigenvalue weighted by Crippen LogP contribution is 2.57. The van der Waals surface area contributed by atoms with Crippen molar-refractivity contribution < 1.29 is 39.9 Å². The number of benzene rings is 1. The van der Waals surface area contributed by atoms with E-state index >= 15 is 0 Å². The van der Waals surface area contributed by atoms with Gasteiger partial charge >= 0.3 is 0 Å². The highest BCUT2D eigenvalue weighted by atomic mass is 79.9. The summed E-state index contributed by atoms with van der Waals surface area (Å²) in [5, 5.41) is 55.8. The number of phenols is 1. The number of phenolic OH excluding ortho intramolecular Hbond substituents is 1. The Hall–Kier alpha value is -2.53. The van der Waals surface area contributed by atoms with Crippen LogP contribution in [0.3, 0.4) is 0 Å². The van der Waals surface area contributed by atoms with Crippen LogP contribution in [0.15, 0.2) is 33.5 Å². The van der Waals surface area contributed by atoms with Gasteiger partial charge in [0.05, 0.1) is 23.6 Å². The molecule has 0 spiro atoms. The van der Waals surface area contributed by atoms with Crippen LogP contribution < -0.4 is 0 Å². The zero-order chi connectivity index (χ0) is 25.4. The van der Waals surface area contributed by atoms with Gasteiger partial charge in [-0.3, -0.25) is 19.3 Å². The predicted octanol–water partition coefficient (Wildman–Crippen LogP) is 1.75. The lowest BCUT2D eigenvalue weighted by molar-refractivity contribution is -0.170. The SMILES string of the molecule is CCN(C)[C@@H]1C(=O)C(C(C)=O)=C(O)[C@@]2(O)C(=O)C3=C(O)c4c(O)ccc(Br)c4C(C)C3C(O)C12. The van der Waals surface area contributed by atoms with E-state index in [9.17, 15) is 39.9 Å². The molecule has 34 heavy (non-hydrogen) atoms. The molecule has 3 aliphatic rings.